The van der Waals surface area contributed by atoms with E-state index in [9.17, 15) is 9.90 Å². The van der Waals surface area contributed by atoms with Gasteiger partial charge in [-0.05, 0) is 54.8 Å². The van der Waals surface area contributed by atoms with Gasteiger partial charge in [-0.25, -0.2) is 0 Å². The largest absolute Gasteiger partial charge is 0.504 e. The third-order valence-electron chi connectivity index (χ3n) is 3.72. The van der Waals surface area contributed by atoms with Crippen molar-refractivity contribution in [3.05, 3.63) is 53.9 Å². The van der Waals surface area contributed by atoms with E-state index in [2.05, 4.69) is 10.3 Å². The number of carbonyl (C=O) groups excluding carboxylic acids is 1. The van der Waals surface area contributed by atoms with Crippen molar-refractivity contribution in [2.24, 2.45) is 5.73 Å². The standard InChI is InChI=1S/C20H25N3O3/c21-10-2-1-3-11-23-20(25)15-26-19-14-17(6-7-18(19)24)5-4-16-8-12-22-13-9-16/h4-9,12-14,24H,1-3,10-11,15,21H2,(H,23,25)/b5-4+. The fourth-order valence-corrected chi connectivity index (χ4v) is 2.29. The Morgan fingerprint density at radius 2 is 1.88 bits per heavy atom. The molecule has 0 radical (unpaired) electrons. The van der Waals surface area contributed by atoms with E-state index in [0.717, 1.165) is 30.4 Å². The molecular weight excluding hydrogens is 330 g/mol. The molecule has 0 unspecified atom stereocenters. The van der Waals surface area contributed by atoms with E-state index < -0.39 is 0 Å². The minimum absolute atomic E-state index is 0.00167. The highest BCUT2D eigenvalue weighted by Crippen LogP contribution is 2.27. The first-order valence-corrected chi connectivity index (χ1v) is 8.70. The van der Waals surface area contributed by atoms with Crippen LogP contribution >= 0.6 is 0 Å². The molecule has 0 bridgehead atoms. The van der Waals surface area contributed by atoms with E-state index in [0.29, 0.717) is 13.1 Å². The fourth-order valence-electron chi connectivity index (χ4n) is 2.29. The Balaban J connectivity index is 1.85. The molecule has 1 aromatic heterocycles. The molecule has 0 saturated heterocycles. The zero-order valence-electron chi connectivity index (χ0n) is 14.7. The summed E-state index contributed by atoms with van der Waals surface area (Å²) in [5.41, 5.74) is 7.30. The van der Waals surface area contributed by atoms with Gasteiger partial charge >= 0.3 is 0 Å². The molecule has 4 N–H and O–H groups in total. The van der Waals surface area contributed by atoms with Crippen LogP contribution in [0, 0.1) is 0 Å². The van der Waals surface area contributed by atoms with Gasteiger partial charge in [-0.15, -0.1) is 0 Å². The number of unbranched alkanes of at least 4 members (excludes halogenated alkanes) is 2. The number of rotatable bonds is 10. The molecule has 6 heteroatoms. The molecule has 0 aliphatic rings. The van der Waals surface area contributed by atoms with Gasteiger partial charge in [0.1, 0.15) is 0 Å². The molecule has 0 aliphatic heterocycles. The number of nitrogens with two attached hydrogens (primary N) is 1. The van der Waals surface area contributed by atoms with Gasteiger partial charge in [0, 0.05) is 18.9 Å². The minimum atomic E-state index is -0.213. The molecule has 0 atom stereocenters. The zero-order chi connectivity index (χ0) is 18.6. The maximum atomic E-state index is 11.8. The second-order valence-electron chi connectivity index (χ2n) is 5.83. The number of aromatic nitrogens is 1. The Hall–Kier alpha value is -2.86. The number of pyridine rings is 1. The number of phenolic OH excluding ortho intramolecular Hbond substituents is 1. The molecule has 1 aromatic carbocycles. The van der Waals surface area contributed by atoms with Gasteiger partial charge in [-0.2, -0.15) is 0 Å². The van der Waals surface area contributed by atoms with Crippen molar-refractivity contribution in [2.45, 2.75) is 19.3 Å². The van der Waals surface area contributed by atoms with Gasteiger partial charge in [-0.3, -0.25) is 9.78 Å². The van der Waals surface area contributed by atoms with E-state index in [-0.39, 0.29) is 24.0 Å². The number of aromatic hydroxyl groups is 1. The quantitative estimate of drug-likeness (QED) is 0.569. The van der Waals surface area contributed by atoms with Crippen LogP contribution in [-0.4, -0.2) is 35.7 Å². The smallest absolute Gasteiger partial charge is 0.257 e. The molecule has 0 aliphatic carbocycles. The lowest BCUT2D eigenvalue weighted by Gasteiger charge is -2.09. The lowest BCUT2D eigenvalue weighted by molar-refractivity contribution is -0.123. The molecule has 2 aromatic rings. The van der Waals surface area contributed by atoms with E-state index in [1.54, 1.807) is 30.6 Å². The summed E-state index contributed by atoms with van der Waals surface area (Å²) < 4.78 is 5.44. The van der Waals surface area contributed by atoms with Crippen LogP contribution in [0.3, 0.4) is 0 Å². The monoisotopic (exact) mass is 355 g/mol. The lowest BCUT2D eigenvalue weighted by Crippen LogP contribution is -2.29. The molecular formula is C20H25N3O3. The topological polar surface area (TPSA) is 97.5 Å². The summed E-state index contributed by atoms with van der Waals surface area (Å²) in [4.78, 5) is 15.8. The summed E-state index contributed by atoms with van der Waals surface area (Å²) >= 11 is 0. The number of phenols is 1. The van der Waals surface area contributed by atoms with Gasteiger partial charge in [0.05, 0.1) is 0 Å². The molecule has 2 rings (SSSR count). The van der Waals surface area contributed by atoms with Crippen molar-refractivity contribution in [3.8, 4) is 11.5 Å². The van der Waals surface area contributed by atoms with Crippen molar-refractivity contribution in [1.29, 1.82) is 0 Å². The third kappa shape index (κ3) is 6.94. The predicted octanol–water partition coefficient (Wildman–Crippen LogP) is 2.58. The fraction of sp³-hybridized carbons (Fsp3) is 0.300. The normalized spacial score (nSPS) is 10.8. The van der Waals surface area contributed by atoms with E-state index >= 15 is 0 Å². The Kier molecular flexibility index (Phi) is 8.15. The number of benzene rings is 1. The first-order valence-electron chi connectivity index (χ1n) is 8.70. The van der Waals surface area contributed by atoms with Gasteiger partial charge < -0.3 is 20.9 Å². The lowest BCUT2D eigenvalue weighted by atomic mass is 10.1. The molecule has 138 valence electrons. The number of hydrogen-bond acceptors (Lipinski definition) is 5. The number of ether oxygens (including phenoxy) is 1. The van der Waals surface area contributed by atoms with Gasteiger partial charge in [-0.1, -0.05) is 24.6 Å². The highest BCUT2D eigenvalue weighted by Gasteiger charge is 2.06. The van der Waals surface area contributed by atoms with Crippen LogP contribution in [0.15, 0.2) is 42.7 Å². The Bertz CT molecular complexity index is 717. The van der Waals surface area contributed by atoms with Crippen LogP contribution in [0.4, 0.5) is 0 Å². The SMILES string of the molecule is NCCCCCNC(=O)COc1cc(/C=C/c2ccncc2)ccc1O. The predicted molar refractivity (Wildman–Crippen MR) is 103 cm³/mol. The Morgan fingerprint density at radius 3 is 2.65 bits per heavy atom. The van der Waals surface area contributed by atoms with E-state index in [4.69, 9.17) is 10.5 Å². The van der Waals surface area contributed by atoms with Crippen LogP contribution in [-0.2, 0) is 4.79 Å². The Morgan fingerprint density at radius 1 is 1.12 bits per heavy atom. The summed E-state index contributed by atoms with van der Waals surface area (Å²) in [5.74, 6) is 0.0665. The van der Waals surface area contributed by atoms with Gasteiger partial charge in [0.2, 0.25) is 0 Å². The van der Waals surface area contributed by atoms with Gasteiger partial charge in [0.15, 0.2) is 18.1 Å². The molecule has 0 saturated carbocycles. The number of nitrogens with one attached hydrogen (secondary N) is 1. The first kappa shape index (κ1) is 19.5. The maximum Gasteiger partial charge on any atom is 0.257 e. The van der Waals surface area contributed by atoms with Crippen LogP contribution in [0.25, 0.3) is 12.2 Å². The summed E-state index contributed by atoms with van der Waals surface area (Å²) in [5, 5.41) is 12.7. The van der Waals surface area contributed by atoms with Crippen LogP contribution in [0.5, 0.6) is 11.5 Å². The third-order valence-corrected chi connectivity index (χ3v) is 3.72. The van der Waals surface area contributed by atoms with Crippen molar-refractivity contribution < 1.29 is 14.6 Å². The molecule has 1 amide bonds. The summed E-state index contributed by atoms with van der Waals surface area (Å²) in [6, 6.07) is 8.81. The molecule has 0 fully saturated rings. The van der Waals surface area contributed by atoms with Crippen LogP contribution in [0.1, 0.15) is 30.4 Å². The minimum Gasteiger partial charge on any atom is -0.504 e. The highest BCUT2D eigenvalue weighted by molar-refractivity contribution is 5.77. The number of nitrogens with zero attached hydrogens (tertiary/aromatic N) is 1. The van der Waals surface area contributed by atoms with Crippen molar-refractivity contribution in [3.63, 3.8) is 0 Å². The number of hydrogen-bond donors (Lipinski definition) is 3. The number of amides is 1. The number of carbonyl (C=O) groups is 1. The summed E-state index contributed by atoms with van der Waals surface area (Å²) in [6.07, 6.45) is 10.1. The first-order chi connectivity index (χ1) is 12.7. The van der Waals surface area contributed by atoms with E-state index in [1.807, 2.05) is 24.3 Å². The summed E-state index contributed by atoms with van der Waals surface area (Å²) in [6.45, 7) is 1.13. The second kappa shape index (κ2) is 10.9. The van der Waals surface area contributed by atoms with Crippen molar-refractivity contribution in [1.82, 2.24) is 10.3 Å². The Labute approximate surface area is 153 Å². The van der Waals surface area contributed by atoms with Gasteiger partial charge in [0.25, 0.3) is 5.91 Å². The molecule has 1 heterocycles. The van der Waals surface area contributed by atoms with Crippen LogP contribution < -0.4 is 15.8 Å². The van der Waals surface area contributed by atoms with Crippen molar-refractivity contribution >= 4 is 18.1 Å². The molecule has 26 heavy (non-hydrogen) atoms. The maximum absolute atomic E-state index is 11.8. The van der Waals surface area contributed by atoms with Crippen LogP contribution in [0.2, 0.25) is 0 Å². The average Bonchev–Trinajstić information content (AvgIpc) is 2.67. The van der Waals surface area contributed by atoms with E-state index in [1.165, 1.54) is 0 Å². The second-order valence-corrected chi connectivity index (χ2v) is 5.83. The summed E-state index contributed by atoms with van der Waals surface area (Å²) in [7, 11) is 0. The molecule has 0 spiro atoms. The van der Waals surface area contributed by atoms with Crippen molar-refractivity contribution in [2.75, 3.05) is 19.7 Å². The average molecular weight is 355 g/mol. The zero-order valence-corrected chi connectivity index (χ0v) is 14.7. The highest BCUT2D eigenvalue weighted by atomic mass is 16.5. The molecule has 6 nitrogen and oxygen atoms in total.